The van der Waals surface area contributed by atoms with Crippen LogP contribution in [0.15, 0.2) is 77.3 Å². The standard InChI is InChI=1S/C32H34N8O3S2/c1-43-19-40-25-14-20(6-11-26(25)45-31-30(40)33-12-13-34-31)15-39-16-23(35-18-39)21-7-9-22(10-8-21)36-28(41)5-3-2-4-27-29-24(17-44-27)37-32(42)38-29/h6-14,16,18,24,27,29H,2-5,15,17,19H2,1H3,(H,36,41)(H2,37,38,42). The van der Waals surface area contributed by atoms with Crippen molar-refractivity contribution >= 4 is 52.7 Å². The number of aromatic nitrogens is 4. The summed E-state index contributed by atoms with van der Waals surface area (Å²) in [6.07, 6.45) is 10.6. The topological polar surface area (TPSA) is 126 Å². The van der Waals surface area contributed by atoms with Crippen LogP contribution in [0.5, 0.6) is 0 Å². The lowest BCUT2D eigenvalue weighted by Gasteiger charge is -2.30. The number of carbonyl (C=O) groups excluding carboxylic acids is 2. The van der Waals surface area contributed by atoms with E-state index in [1.807, 2.05) is 48.6 Å². The number of thioether (sulfide) groups is 1. The van der Waals surface area contributed by atoms with Gasteiger partial charge in [-0.2, -0.15) is 11.8 Å². The molecule has 2 aromatic carbocycles. The summed E-state index contributed by atoms with van der Waals surface area (Å²) in [5.41, 5.74) is 4.81. The lowest BCUT2D eigenvalue weighted by atomic mass is 10.0. The molecule has 0 bridgehead atoms. The number of methoxy groups -OCH3 is 1. The lowest BCUT2D eigenvalue weighted by Crippen LogP contribution is -2.36. The van der Waals surface area contributed by atoms with Crippen molar-refractivity contribution in [3.8, 4) is 11.3 Å². The summed E-state index contributed by atoms with van der Waals surface area (Å²) in [6, 6.07) is 14.6. The first-order valence-electron chi connectivity index (χ1n) is 15.0. The Morgan fingerprint density at radius 3 is 2.82 bits per heavy atom. The summed E-state index contributed by atoms with van der Waals surface area (Å²) in [7, 11) is 1.68. The first-order chi connectivity index (χ1) is 22.0. The molecule has 5 heterocycles. The highest BCUT2D eigenvalue weighted by Crippen LogP contribution is 2.46. The normalized spacial score (nSPS) is 19.8. The number of benzene rings is 2. The van der Waals surface area contributed by atoms with Crippen molar-refractivity contribution in [3.63, 3.8) is 0 Å². The number of hydrogen-bond donors (Lipinski definition) is 3. The Kier molecular flexibility index (Phi) is 8.64. The van der Waals surface area contributed by atoms with Crippen LogP contribution in [-0.2, 0) is 16.1 Å². The van der Waals surface area contributed by atoms with Gasteiger partial charge in [-0.3, -0.25) is 9.69 Å². The zero-order valence-corrected chi connectivity index (χ0v) is 26.4. The number of fused-ring (bicyclic) bond motifs is 3. The van der Waals surface area contributed by atoms with Crippen molar-refractivity contribution in [3.05, 3.63) is 72.9 Å². The SMILES string of the molecule is COCN1c2cc(Cn3cnc(-c4ccc(NC(=O)CCCCC5SCC6NC(=O)NC65)cc4)c3)ccc2Sc2nccnc21. The van der Waals surface area contributed by atoms with E-state index in [2.05, 4.69) is 58.6 Å². The van der Waals surface area contributed by atoms with Crippen molar-refractivity contribution < 1.29 is 14.3 Å². The predicted molar refractivity (Wildman–Crippen MR) is 176 cm³/mol. The summed E-state index contributed by atoms with van der Waals surface area (Å²) in [4.78, 5) is 40.9. The fourth-order valence-electron chi connectivity index (χ4n) is 6.04. The third-order valence-corrected chi connectivity index (χ3v) is 10.8. The molecule has 3 aliphatic heterocycles. The smallest absolute Gasteiger partial charge is 0.315 e. The third kappa shape index (κ3) is 6.51. The first kappa shape index (κ1) is 29.6. The fourth-order valence-corrected chi connectivity index (χ4v) is 8.57. The number of rotatable bonds is 11. The van der Waals surface area contributed by atoms with Crippen molar-refractivity contribution in [1.82, 2.24) is 30.2 Å². The van der Waals surface area contributed by atoms with E-state index in [0.717, 1.165) is 69.0 Å². The summed E-state index contributed by atoms with van der Waals surface area (Å²) in [5, 5.41) is 10.3. The summed E-state index contributed by atoms with van der Waals surface area (Å²) in [5.74, 6) is 1.77. The number of nitrogens with one attached hydrogen (secondary N) is 3. The number of carbonyl (C=O) groups is 2. The zero-order chi connectivity index (χ0) is 30.8. The molecule has 3 unspecified atom stereocenters. The van der Waals surface area contributed by atoms with Crippen LogP contribution in [0, 0.1) is 0 Å². The maximum absolute atomic E-state index is 12.6. The molecule has 2 saturated heterocycles. The van der Waals surface area contributed by atoms with Gasteiger partial charge in [0.25, 0.3) is 0 Å². The number of imidazole rings is 1. The van der Waals surface area contributed by atoms with E-state index in [9.17, 15) is 9.59 Å². The highest BCUT2D eigenvalue weighted by atomic mass is 32.2. The minimum absolute atomic E-state index is 0.0165. The van der Waals surface area contributed by atoms with Crippen LogP contribution >= 0.6 is 23.5 Å². The Hall–Kier alpha value is -4.07. The van der Waals surface area contributed by atoms with Gasteiger partial charge >= 0.3 is 6.03 Å². The lowest BCUT2D eigenvalue weighted by molar-refractivity contribution is -0.116. The number of nitrogens with zero attached hydrogens (tertiary/aromatic N) is 5. The van der Waals surface area contributed by atoms with E-state index in [4.69, 9.17) is 4.74 Å². The largest absolute Gasteiger partial charge is 0.364 e. The van der Waals surface area contributed by atoms with Crippen LogP contribution in [0.4, 0.5) is 22.0 Å². The molecule has 0 radical (unpaired) electrons. The van der Waals surface area contributed by atoms with E-state index in [1.54, 1.807) is 31.3 Å². The molecule has 2 aromatic heterocycles. The molecule has 3 atom stereocenters. The van der Waals surface area contributed by atoms with E-state index in [-0.39, 0.29) is 24.0 Å². The molecule has 11 nitrogen and oxygen atoms in total. The van der Waals surface area contributed by atoms with Gasteiger partial charge in [-0.1, -0.05) is 36.4 Å². The molecule has 45 heavy (non-hydrogen) atoms. The first-order valence-corrected chi connectivity index (χ1v) is 16.9. The van der Waals surface area contributed by atoms with Gasteiger partial charge in [-0.05, 0) is 42.7 Å². The second-order valence-corrected chi connectivity index (χ2v) is 13.7. The molecular weight excluding hydrogens is 609 g/mol. The highest BCUT2D eigenvalue weighted by molar-refractivity contribution is 8.00. The molecule has 0 spiro atoms. The van der Waals surface area contributed by atoms with Crippen LogP contribution in [0.25, 0.3) is 11.3 Å². The molecule has 0 saturated carbocycles. The molecule has 3 N–H and O–H groups in total. The Morgan fingerprint density at radius 2 is 1.96 bits per heavy atom. The molecule has 4 aromatic rings. The third-order valence-electron chi connectivity index (χ3n) is 8.22. The highest BCUT2D eigenvalue weighted by Gasteiger charge is 2.42. The van der Waals surface area contributed by atoms with Crippen LogP contribution in [-0.4, -0.2) is 68.4 Å². The van der Waals surface area contributed by atoms with Crippen molar-refractivity contribution in [2.24, 2.45) is 0 Å². The van der Waals surface area contributed by atoms with Crippen molar-refractivity contribution in [1.29, 1.82) is 0 Å². The predicted octanol–water partition coefficient (Wildman–Crippen LogP) is 5.26. The number of unbranched alkanes of at least 4 members (excludes halogenated alkanes) is 1. The van der Waals surface area contributed by atoms with Crippen LogP contribution in [0.3, 0.4) is 0 Å². The van der Waals surface area contributed by atoms with Gasteiger partial charge in [0.15, 0.2) is 5.82 Å². The molecule has 2 fully saturated rings. The minimum atomic E-state index is -0.0582. The monoisotopic (exact) mass is 642 g/mol. The van der Waals surface area contributed by atoms with Crippen LogP contribution < -0.4 is 20.9 Å². The van der Waals surface area contributed by atoms with Gasteiger partial charge in [-0.25, -0.2) is 19.7 Å². The van der Waals surface area contributed by atoms with Crippen LogP contribution in [0.1, 0.15) is 31.2 Å². The molecular formula is C32H34N8O3S2. The minimum Gasteiger partial charge on any atom is -0.364 e. The van der Waals surface area contributed by atoms with Gasteiger partial charge in [0, 0.05) is 65.8 Å². The van der Waals surface area contributed by atoms with Gasteiger partial charge in [0.1, 0.15) is 11.8 Å². The molecule has 3 amide bonds. The van der Waals surface area contributed by atoms with E-state index < -0.39 is 0 Å². The molecule has 232 valence electrons. The molecule has 3 aliphatic rings. The van der Waals surface area contributed by atoms with E-state index in [0.29, 0.717) is 24.9 Å². The maximum Gasteiger partial charge on any atom is 0.315 e. The van der Waals surface area contributed by atoms with E-state index >= 15 is 0 Å². The second-order valence-electron chi connectivity index (χ2n) is 11.4. The zero-order valence-electron chi connectivity index (χ0n) is 24.8. The summed E-state index contributed by atoms with van der Waals surface area (Å²) >= 11 is 3.52. The Labute approximate surface area is 269 Å². The Morgan fingerprint density at radius 1 is 1.09 bits per heavy atom. The van der Waals surface area contributed by atoms with Crippen molar-refractivity contribution in [2.45, 2.75) is 59.5 Å². The fraction of sp³-hybridized carbons (Fsp3) is 0.344. The number of amides is 3. The quantitative estimate of drug-likeness (QED) is 0.148. The maximum atomic E-state index is 12.6. The number of hydrogen-bond acceptors (Lipinski definition) is 9. The molecule has 0 aliphatic carbocycles. The van der Waals surface area contributed by atoms with Crippen molar-refractivity contribution in [2.75, 3.05) is 29.8 Å². The number of anilines is 3. The van der Waals surface area contributed by atoms with Gasteiger partial charge in [0.05, 0.1) is 29.8 Å². The number of ether oxygens (including phenoxy) is 1. The van der Waals surface area contributed by atoms with E-state index in [1.165, 1.54) is 0 Å². The van der Waals surface area contributed by atoms with Crippen LogP contribution in [0.2, 0.25) is 0 Å². The second kappa shape index (κ2) is 13.1. The Bertz CT molecular complexity index is 1700. The van der Waals surface area contributed by atoms with Gasteiger partial charge in [0.2, 0.25) is 5.91 Å². The summed E-state index contributed by atoms with van der Waals surface area (Å²) in [6.45, 7) is 1.05. The Balaban J connectivity index is 0.914. The van der Waals surface area contributed by atoms with Gasteiger partial charge < -0.3 is 25.3 Å². The number of urea groups is 1. The summed E-state index contributed by atoms with van der Waals surface area (Å²) < 4.78 is 7.55. The average Bonchev–Trinajstić information content (AvgIpc) is 3.76. The van der Waals surface area contributed by atoms with Gasteiger partial charge in [-0.15, -0.1) is 0 Å². The molecule has 13 heteroatoms. The molecule has 7 rings (SSSR count). The average molecular weight is 643 g/mol.